The van der Waals surface area contributed by atoms with Crippen LogP contribution in [0.15, 0.2) is 12.1 Å². The van der Waals surface area contributed by atoms with Gasteiger partial charge in [0.15, 0.2) is 0 Å². The molecule has 0 bridgehead atoms. The minimum absolute atomic E-state index is 0.0104. The first kappa shape index (κ1) is 12.7. The van der Waals surface area contributed by atoms with E-state index in [1.54, 1.807) is 6.92 Å². The standard InChI is InChI=1S/C12H10N2O5/c1-2-13-9(15)7-3-5-6(4-8(7)12(18)19)11(17)14-10(5)16/h3-4H,2H2,1H3,(H,13,15)(H,18,19)(H,14,16,17). The molecule has 1 aromatic rings. The van der Waals surface area contributed by atoms with E-state index in [2.05, 4.69) is 5.32 Å². The van der Waals surface area contributed by atoms with E-state index >= 15 is 0 Å². The van der Waals surface area contributed by atoms with E-state index in [1.807, 2.05) is 5.32 Å². The third kappa shape index (κ3) is 2.05. The van der Waals surface area contributed by atoms with Gasteiger partial charge in [0.25, 0.3) is 17.7 Å². The lowest BCUT2D eigenvalue weighted by molar-refractivity contribution is 0.0690. The van der Waals surface area contributed by atoms with Gasteiger partial charge < -0.3 is 10.4 Å². The molecule has 0 saturated carbocycles. The van der Waals surface area contributed by atoms with Gasteiger partial charge in [0.1, 0.15) is 0 Å². The molecule has 19 heavy (non-hydrogen) atoms. The van der Waals surface area contributed by atoms with E-state index in [1.165, 1.54) is 0 Å². The number of carbonyl (C=O) groups is 4. The molecular formula is C12H10N2O5. The molecule has 0 aliphatic carbocycles. The number of carboxylic acid groups (broad SMARTS) is 1. The van der Waals surface area contributed by atoms with Gasteiger partial charge in [-0.3, -0.25) is 19.7 Å². The Kier molecular flexibility index (Phi) is 3.04. The second kappa shape index (κ2) is 4.52. The molecule has 0 radical (unpaired) electrons. The van der Waals surface area contributed by atoms with Crippen molar-refractivity contribution in [3.8, 4) is 0 Å². The summed E-state index contributed by atoms with van der Waals surface area (Å²) in [6.07, 6.45) is 0. The van der Waals surface area contributed by atoms with Gasteiger partial charge in [-0.15, -0.1) is 0 Å². The van der Waals surface area contributed by atoms with Crippen molar-refractivity contribution >= 4 is 23.7 Å². The molecule has 1 aliphatic rings. The molecule has 1 aliphatic heterocycles. The summed E-state index contributed by atoms with van der Waals surface area (Å²) in [6, 6.07) is 2.17. The van der Waals surface area contributed by atoms with Crippen LogP contribution in [0.3, 0.4) is 0 Å². The minimum atomic E-state index is -1.34. The highest BCUT2D eigenvalue weighted by atomic mass is 16.4. The van der Waals surface area contributed by atoms with E-state index in [-0.39, 0.29) is 22.3 Å². The molecule has 7 nitrogen and oxygen atoms in total. The molecule has 0 fully saturated rings. The molecule has 3 N–H and O–H groups in total. The van der Waals surface area contributed by atoms with Crippen LogP contribution in [0.5, 0.6) is 0 Å². The lowest BCUT2D eigenvalue weighted by Gasteiger charge is -2.07. The Labute approximate surface area is 107 Å². The van der Waals surface area contributed by atoms with Gasteiger partial charge in [-0.2, -0.15) is 0 Å². The molecule has 0 aromatic heterocycles. The number of nitrogens with one attached hydrogen (secondary N) is 2. The zero-order valence-electron chi connectivity index (χ0n) is 9.94. The van der Waals surface area contributed by atoms with Crippen LogP contribution in [-0.2, 0) is 0 Å². The highest BCUT2D eigenvalue weighted by molar-refractivity contribution is 6.23. The second-order valence-corrected chi connectivity index (χ2v) is 3.89. The number of hydrogen-bond acceptors (Lipinski definition) is 4. The summed E-state index contributed by atoms with van der Waals surface area (Å²) in [5.41, 5.74) is -0.473. The number of carboxylic acids is 1. The Hall–Kier alpha value is -2.70. The van der Waals surface area contributed by atoms with Crippen molar-refractivity contribution < 1.29 is 24.3 Å². The molecule has 0 atom stereocenters. The lowest BCUT2D eigenvalue weighted by Crippen LogP contribution is -2.25. The average Bonchev–Trinajstić information content (AvgIpc) is 2.63. The van der Waals surface area contributed by atoms with E-state index in [0.717, 1.165) is 12.1 Å². The van der Waals surface area contributed by atoms with E-state index in [9.17, 15) is 19.2 Å². The maximum absolute atomic E-state index is 11.8. The molecule has 0 saturated heterocycles. The first-order valence-electron chi connectivity index (χ1n) is 5.51. The summed E-state index contributed by atoms with van der Waals surface area (Å²) in [5.74, 6) is -3.24. The van der Waals surface area contributed by atoms with Crippen molar-refractivity contribution in [1.82, 2.24) is 10.6 Å². The van der Waals surface area contributed by atoms with Crippen molar-refractivity contribution in [1.29, 1.82) is 0 Å². The van der Waals surface area contributed by atoms with Gasteiger partial charge in [0.2, 0.25) is 0 Å². The smallest absolute Gasteiger partial charge is 0.336 e. The maximum Gasteiger partial charge on any atom is 0.336 e. The Morgan fingerprint density at radius 2 is 1.68 bits per heavy atom. The zero-order valence-corrected chi connectivity index (χ0v) is 9.94. The normalized spacial score (nSPS) is 12.9. The predicted octanol–water partition coefficient (Wildman–Crippen LogP) is 0.0181. The largest absolute Gasteiger partial charge is 0.478 e. The molecule has 1 aromatic carbocycles. The SMILES string of the molecule is CCNC(=O)c1cc2c(cc1C(=O)O)C(=O)NC2=O. The molecule has 0 unspecified atom stereocenters. The van der Waals surface area contributed by atoms with Crippen LogP contribution in [0.4, 0.5) is 0 Å². The Bertz CT molecular complexity index is 621. The second-order valence-electron chi connectivity index (χ2n) is 3.89. The first-order chi connectivity index (χ1) is 8.95. The van der Waals surface area contributed by atoms with Crippen LogP contribution in [0.1, 0.15) is 48.4 Å². The number of rotatable bonds is 3. The van der Waals surface area contributed by atoms with Crippen molar-refractivity contribution in [3.63, 3.8) is 0 Å². The first-order valence-corrected chi connectivity index (χ1v) is 5.51. The highest BCUT2D eigenvalue weighted by Crippen LogP contribution is 2.21. The zero-order chi connectivity index (χ0) is 14.2. The van der Waals surface area contributed by atoms with Crippen molar-refractivity contribution in [2.24, 2.45) is 0 Å². The number of hydrogen-bond donors (Lipinski definition) is 3. The number of imide groups is 1. The van der Waals surface area contributed by atoms with Crippen LogP contribution in [0, 0.1) is 0 Å². The van der Waals surface area contributed by atoms with Crippen LogP contribution < -0.4 is 10.6 Å². The van der Waals surface area contributed by atoms with Crippen LogP contribution in [0.2, 0.25) is 0 Å². The molecular weight excluding hydrogens is 252 g/mol. The summed E-state index contributed by atoms with van der Waals surface area (Å²) >= 11 is 0. The Balaban J connectivity index is 2.63. The Morgan fingerprint density at radius 3 is 2.16 bits per heavy atom. The molecule has 3 amide bonds. The molecule has 7 heteroatoms. The fourth-order valence-electron chi connectivity index (χ4n) is 1.83. The number of carbonyl (C=O) groups excluding carboxylic acids is 3. The number of fused-ring (bicyclic) bond motifs is 1. The summed E-state index contributed by atoms with van der Waals surface area (Å²) in [4.78, 5) is 45.8. The van der Waals surface area contributed by atoms with Gasteiger partial charge in [-0.05, 0) is 19.1 Å². The molecule has 2 rings (SSSR count). The van der Waals surface area contributed by atoms with E-state index < -0.39 is 23.7 Å². The number of amides is 3. The third-order valence-corrected chi connectivity index (χ3v) is 2.69. The quantitative estimate of drug-likeness (QED) is 0.664. The van der Waals surface area contributed by atoms with Crippen molar-refractivity contribution in [2.75, 3.05) is 6.54 Å². The van der Waals surface area contributed by atoms with Crippen molar-refractivity contribution in [2.45, 2.75) is 6.92 Å². The average molecular weight is 262 g/mol. The van der Waals surface area contributed by atoms with Crippen molar-refractivity contribution in [3.05, 3.63) is 34.4 Å². The maximum atomic E-state index is 11.8. The van der Waals surface area contributed by atoms with E-state index in [0.29, 0.717) is 6.54 Å². The summed E-state index contributed by atoms with van der Waals surface area (Å²) in [7, 11) is 0. The van der Waals surface area contributed by atoms with Crippen LogP contribution >= 0.6 is 0 Å². The van der Waals surface area contributed by atoms with Crippen LogP contribution in [-0.4, -0.2) is 35.3 Å². The Morgan fingerprint density at radius 1 is 1.16 bits per heavy atom. The lowest BCUT2D eigenvalue weighted by atomic mass is 9.99. The monoisotopic (exact) mass is 262 g/mol. The summed E-state index contributed by atoms with van der Waals surface area (Å²) in [6.45, 7) is 2.00. The molecule has 0 spiro atoms. The van der Waals surface area contributed by atoms with Gasteiger partial charge >= 0.3 is 5.97 Å². The number of benzene rings is 1. The minimum Gasteiger partial charge on any atom is -0.478 e. The highest BCUT2D eigenvalue weighted by Gasteiger charge is 2.30. The van der Waals surface area contributed by atoms with Gasteiger partial charge in [0, 0.05) is 6.54 Å². The third-order valence-electron chi connectivity index (χ3n) is 2.69. The summed E-state index contributed by atoms with van der Waals surface area (Å²) in [5, 5.41) is 13.6. The van der Waals surface area contributed by atoms with E-state index in [4.69, 9.17) is 5.11 Å². The molecule has 1 heterocycles. The molecule has 98 valence electrons. The van der Waals surface area contributed by atoms with Gasteiger partial charge in [-0.1, -0.05) is 0 Å². The predicted molar refractivity (Wildman–Crippen MR) is 63.2 cm³/mol. The van der Waals surface area contributed by atoms with Gasteiger partial charge in [0.05, 0.1) is 22.3 Å². The fraction of sp³-hybridized carbons (Fsp3) is 0.167. The summed E-state index contributed by atoms with van der Waals surface area (Å²) < 4.78 is 0. The van der Waals surface area contributed by atoms with Crippen LogP contribution in [0.25, 0.3) is 0 Å². The fourth-order valence-corrected chi connectivity index (χ4v) is 1.83. The van der Waals surface area contributed by atoms with Gasteiger partial charge in [-0.25, -0.2) is 4.79 Å². The number of aromatic carboxylic acids is 1. The topological polar surface area (TPSA) is 113 Å².